The zero-order chi connectivity index (χ0) is 30.6. The third-order valence-corrected chi connectivity index (χ3v) is 8.23. The third-order valence-electron chi connectivity index (χ3n) is 7.28. The van der Waals surface area contributed by atoms with Crippen molar-refractivity contribution in [3.63, 3.8) is 0 Å². The highest BCUT2D eigenvalue weighted by molar-refractivity contribution is 7.47. The number of nitrogens with two attached hydrogens (primary N) is 1. The van der Waals surface area contributed by atoms with Crippen LogP contribution in [0.2, 0.25) is 0 Å². The zero-order valence-electron chi connectivity index (χ0n) is 24.5. The van der Waals surface area contributed by atoms with Crippen molar-refractivity contribution in [3.8, 4) is 0 Å². The second kappa shape index (κ2) is 17.3. The molecule has 0 aromatic carbocycles. The lowest BCUT2D eigenvalue weighted by molar-refractivity contribution is -0.0511. The molecule has 0 radical (unpaired) electrons. The average Bonchev–Trinajstić information content (AvgIpc) is 3.49. The smallest absolute Gasteiger partial charge is 0.394 e. The number of aliphatic hydroxyl groups is 3. The summed E-state index contributed by atoms with van der Waals surface area (Å²) in [4.78, 5) is 31.5. The number of phosphoric acid groups is 1. The molecule has 0 aliphatic carbocycles. The fourth-order valence-corrected chi connectivity index (χ4v) is 5.34. The van der Waals surface area contributed by atoms with Gasteiger partial charge in [-0.1, -0.05) is 66.2 Å². The minimum absolute atomic E-state index is 0.0388. The number of phosphoric ester groups is 1. The summed E-state index contributed by atoms with van der Waals surface area (Å²) in [6.45, 7) is 8.66. The first-order chi connectivity index (χ1) is 19.5. The van der Waals surface area contributed by atoms with Crippen LogP contribution in [0.4, 0.5) is 5.95 Å². The molecule has 1 aliphatic rings. The maximum absolute atomic E-state index is 11.9. The molecule has 2 unspecified atom stereocenters. The molecule has 3 rings (SSSR count). The van der Waals surface area contributed by atoms with Gasteiger partial charge < -0.3 is 30.7 Å². The average molecular weight is 606 g/mol. The maximum Gasteiger partial charge on any atom is 0.472 e. The van der Waals surface area contributed by atoms with Gasteiger partial charge in [0, 0.05) is 0 Å². The Labute approximate surface area is 240 Å². The Kier molecular flexibility index (Phi) is 14.9. The summed E-state index contributed by atoms with van der Waals surface area (Å²) in [7, 11) is -3.89. The van der Waals surface area contributed by atoms with Gasteiger partial charge in [-0.25, -0.2) is 9.55 Å². The van der Waals surface area contributed by atoms with Crippen molar-refractivity contribution in [1.29, 1.82) is 0 Å². The van der Waals surface area contributed by atoms with Crippen molar-refractivity contribution in [2.24, 2.45) is 11.8 Å². The first-order valence-electron chi connectivity index (χ1n) is 14.5. The van der Waals surface area contributed by atoms with E-state index in [9.17, 15) is 24.5 Å². The molecule has 1 fully saturated rings. The number of ether oxygens (including phenoxy) is 1. The number of nitrogen functional groups attached to an aromatic ring is 1. The lowest BCUT2D eigenvalue weighted by atomic mass is 10.0. The molecule has 15 heteroatoms. The van der Waals surface area contributed by atoms with E-state index >= 15 is 0 Å². The Hall–Kier alpha value is -1.90. The fourth-order valence-electron chi connectivity index (χ4n) is 4.47. The summed E-state index contributed by atoms with van der Waals surface area (Å²) >= 11 is 0. The van der Waals surface area contributed by atoms with E-state index in [-0.39, 0.29) is 17.1 Å². The van der Waals surface area contributed by atoms with Crippen molar-refractivity contribution >= 4 is 24.9 Å². The molecule has 1 aliphatic heterocycles. The molecular formula is C26H48N5O9P. The number of aliphatic hydroxyl groups excluding tert-OH is 3. The number of hydrogen-bond acceptors (Lipinski definition) is 11. The van der Waals surface area contributed by atoms with E-state index in [4.69, 9.17) is 24.6 Å². The van der Waals surface area contributed by atoms with Crippen LogP contribution in [0.25, 0.3) is 11.2 Å². The van der Waals surface area contributed by atoms with E-state index in [1.807, 2.05) is 0 Å². The normalized spacial score (nSPS) is 23.6. The van der Waals surface area contributed by atoms with Crippen molar-refractivity contribution in [1.82, 2.24) is 19.5 Å². The number of aromatic amines is 1. The number of imidazole rings is 1. The zero-order valence-corrected chi connectivity index (χ0v) is 25.4. The van der Waals surface area contributed by atoms with Gasteiger partial charge in [-0.05, 0) is 24.7 Å². The molecule has 0 spiro atoms. The van der Waals surface area contributed by atoms with Crippen LogP contribution in [0.5, 0.6) is 0 Å². The lowest BCUT2D eigenvalue weighted by Crippen LogP contribution is -2.33. The van der Waals surface area contributed by atoms with Crippen molar-refractivity contribution in [2.45, 2.75) is 104 Å². The molecule has 41 heavy (non-hydrogen) atoms. The molecular weight excluding hydrogens is 557 g/mol. The standard InChI is InChI=1S/C16H35O4P.C10H13N5O5/c1-5-9-11-15(7-3)13-19-21(17,18)20-14-16(8-4)12-10-6-2;11-10-13-7-4(8(19)14-10)12-2-15(7)9-6(18)5(17)3(1-16)20-9/h15-16H,5-14H2,1-4H3,(H,17,18);2-3,5-6,9,16-18H,1H2,(H3,11,13,14,19)/t;3-,5-,6-,9-/m.1/s1. The molecule has 14 nitrogen and oxygen atoms in total. The van der Waals surface area contributed by atoms with E-state index in [1.54, 1.807) is 0 Å². The van der Waals surface area contributed by atoms with Gasteiger partial charge in [-0.3, -0.25) is 23.4 Å². The van der Waals surface area contributed by atoms with Crippen LogP contribution in [0.1, 0.15) is 85.3 Å². The predicted octanol–water partition coefficient (Wildman–Crippen LogP) is 2.87. The van der Waals surface area contributed by atoms with Gasteiger partial charge in [0.15, 0.2) is 17.4 Å². The Bertz CT molecular complexity index is 1120. The minimum atomic E-state index is -3.89. The number of anilines is 1. The number of fused-ring (bicyclic) bond motifs is 1. The Morgan fingerprint density at radius 3 is 2.10 bits per heavy atom. The van der Waals surface area contributed by atoms with E-state index in [2.05, 4.69) is 42.6 Å². The van der Waals surface area contributed by atoms with Crippen LogP contribution in [0, 0.1) is 11.8 Å². The SMILES string of the molecule is CCCCC(CC)COP(=O)(O)OCC(CC)CCCC.Nc1nc2c(ncn2[C@@H]2O[C@H](CO)[C@@H](O)[C@H]2O)c(=O)[nH]1. The molecule has 1 saturated heterocycles. The predicted molar refractivity (Wildman–Crippen MR) is 154 cm³/mol. The Morgan fingerprint density at radius 2 is 1.63 bits per heavy atom. The quantitative estimate of drug-likeness (QED) is 0.152. The number of aromatic nitrogens is 4. The summed E-state index contributed by atoms with van der Waals surface area (Å²) in [6.07, 6.45) is 5.35. The number of nitrogens with one attached hydrogen (secondary N) is 1. The van der Waals surface area contributed by atoms with Crippen LogP contribution < -0.4 is 11.3 Å². The number of H-pyrrole nitrogens is 1. The van der Waals surface area contributed by atoms with Crippen LogP contribution in [-0.4, -0.2) is 77.9 Å². The number of nitrogens with zero attached hydrogens (tertiary/aromatic N) is 3. The van der Waals surface area contributed by atoms with Crippen LogP contribution in [-0.2, 0) is 18.3 Å². The van der Waals surface area contributed by atoms with Gasteiger partial charge in [0.1, 0.15) is 18.3 Å². The van der Waals surface area contributed by atoms with Gasteiger partial charge >= 0.3 is 7.82 Å². The third kappa shape index (κ3) is 10.4. The van der Waals surface area contributed by atoms with Crippen LogP contribution in [0.15, 0.2) is 11.1 Å². The van der Waals surface area contributed by atoms with Gasteiger partial charge in [-0.15, -0.1) is 0 Å². The van der Waals surface area contributed by atoms with E-state index < -0.39 is 44.5 Å². The highest BCUT2D eigenvalue weighted by atomic mass is 31.2. The number of hydrogen-bond donors (Lipinski definition) is 6. The number of rotatable bonds is 16. The second-order valence-electron chi connectivity index (χ2n) is 10.4. The number of unbranched alkanes of at least 4 members (excludes halogenated alkanes) is 2. The monoisotopic (exact) mass is 605 g/mol. The molecule has 0 amide bonds. The topological polar surface area (TPSA) is 215 Å². The molecule has 2 aromatic heterocycles. The molecule has 6 atom stereocenters. The van der Waals surface area contributed by atoms with Gasteiger partial charge in [-0.2, -0.15) is 4.98 Å². The van der Waals surface area contributed by atoms with Crippen LogP contribution >= 0.6 is 7.82 Å². The molecule has 236 valence electrons. The Balaban J connectivity index is 0.000000287. The first kappa shape index (κ1) is 35.3. The highest BCUT2D eigenvalue weighted by Crippen LogP contribution is 2.44. The molecule has 0 saturated carbocycles. The first-order valence-corrected chi connectivity index (χ1v) is 16.0. The summed E-state index contributed by atoms with van der Waals surface area (Å²) in [5, 5.41) is 28.7. The minimum Gasteiger partial charge on any atom is -0.394 e. The van der Waals surface area contributed by atoms with Crippen molar-refractivity contribution in [2.75, 3.05) is 25.6 Å². The molecule has 3 heterocycles. The van der Waals surface area contributed by atoms with Gasteiger partial charge in [0.2, 0.25) is 5.95 Å². The summed E-state index contributed by atoms with van der Waals surface area (Å²) in [6, 6.07) is 0. The lowest BCUT2D eigenvalue weighted by Gasteiger charge is -2.20. The van der Waals surface area contributed by atoms with E-state index in [0.717, 1.165) is 51.4 Å². The molecule has 7 N–H and O–H groups in total. The van der Waals surface area contributed by atoms with Crippen LogP contribution in [0.3, 0.4) is 0 Å². The molecule has 0 bridgehead atoms. The summed E-state index contributed by atoms with van der Waals surface area (Å²) in [5.74, 6) is 0.586. The van der Waals surface area contributed by atoms with Gasteiger partial charge in [0.05, 0.1) is 26.1 Å². The van der Waals surface area contributed by atoms with E-state index in [1.165, 1.54) is 10.9 Å². The molecule has 2 aromatic rings. The second-order valence-corrected chi connectivity index (χ2v) is 11.9. The van der Waals surface area contributed by atoms with E-state index in [0.29, 0.717) is 25.0 Å². The highest BCUT2D eigenvalue weighted by Gasteiger charge is 2.44. The fraction of sp³-hybridized carbons (Fsp3) is 0.808. The largest absolute Gasteiger partial charge is 0.472 e. The summed E-state index contributed by atoms with van der Waals surface area (Å²) in [5.41, 5.74) is 5.12. The van der Waals surface area contributed by atoms with Crippen molar-refractivity contribution in [3.05, 3.63) is 16.7 Å². The van der Waals surface area contributed by atoms with Gasteiger partial charge in [0.25, 0.3) is 5.56 Å². The summed E-state index contributed by atoms with van der Waals surface area (Å²) < 4.78 is 28.9. The maximum atomic E-state index is 11.9. The Morgan fingerprint density at radius 1 is 1.07 bits per heavy atom. The van der Waals surface area contributed by atoms with Crippen molar-refractivity contribution < 1.29 is 38.6 Å².